The van der Waals surface area contributed by atoms with Gasteiger partial charge in [0.25, 0.3) is 0 Å². The minimum atomic E-state index is -0.722. The van der Waals surface area contributed by atoms with Crippen molar-refractivity contribution in [1.29, 1.82) is 0 Å². The smallest absolute Gasteiger partial charge is 0.410 e. The number of hydrogen-bond donors (Lipinski definition) is 1. The van der Waals surface area contributed by atoms with Crippen LogP contribution in [0.3, 0.4) is 0 Å². The highest BCUT2D eigenvalue weighted by Gasteiger charge is 2.44. The van der Waals surface area contributed by atoms with Crippen LogP contribution < -0.4 is 5.73 Å². The van der Waals surface area contributed by atoms with E-state index in [2.05, 4.69) is 11.1 Å². The van der Waals surface area contributed by atoms with Crippen LogP contribution >= 0.6 is 0 Å². The van der Waals surface area contributed by atoms with E-state index in [1.807, 2.05) is 55.7 Å². The largest absolute Gasteiger partial charge is 0.444 e. The molecule has 2 fully saturated rings. The molecule has 4 aromatic heterocycles. The van der Waals surface area contributed by atoms with E-state index < -0.39 is 11.2 Å². The second kappa shape index (κ2) is 9.30. The van der Waals surface area contributed by atoms with Gasteiger partial charge in [-0.25, -0.2) is 19.7 Å². The average molecular weight is 528 g/mol. The highest BCUT2D eigenvalue weighted by atomic mass is 16.6. The average Bonchev–Trinajstić information content (AvgIpc) is 3.55. The van der Waals surface area contributed by atoms with Gasteiger partial charge in [-0.3, -0.25) is 9.55 Å². The van der Waals surface area contributed by atoms with E-state index in [0.717, 1.165) is 46.6 Å². The maximum Gasteiger partial charge on any atom is 0.410 e. The standard InChI is InChI=1S/C29H33N7O3/c1-28(2,3)39-27(37)35-15-13-29(17-35,38-4)23-12-9-19(16-32-23)36-25(20-6-5-14-31-24(20)30)34-22-11-10-21(18-7-8-18)33-26(22)36/h5-6,9-12,14,16,18H,7-8,13,15,17H2,1-4H3,(H2,30,31)/t29-/m0/s1. The number of pyridine rings is 3. The molecule has 0 aromatic carbocycles. The van der Waals surface area contributed by atoms with Crippen molar-refractivity contribution >= 4 is 23.1 Å². The molecule has 1 saturated heterocycles. The summed E-state index contributed by atoms with van der Waals surface area (Å²) in [6.07, 6.45) is 6.05. The van der Waals surface area contributed by atoms with Gasteiger partial charge in [-0.1, -0.05) is 0 Å². The van der Waals surface area contributed by atoms with E-state index in [0.29, 0.717) is 37.1 Å². The van der Waals surface area contributed by atoms with Gasteiger partial charge in [0.05, 0.1) is 29.7 Å². The number of likely N-dealkylation sites (tertiary alicyclic amines) is 1. The second-order valence-corrected chi connectivity index (χ2v) is 11.3. The van der Waals surface area contributed by atoms with Crippen LogP contribution in [-0.4, -0.2) is 61.3 Å². The Bertz CT molecular complexity index is 1540. The Kier molecular flexibility index (Phi) is 6.02. The molecular weight excluding hydrogens is 494 g/mol. The van der Waals surface area contributed by atoms with E-state index in [9.17, 15) is 4.79 Å². The summed E-state index contributed by atoms with van der Waals surface area (Å²) < 4.78 is 13.6. The van der Waals surface area contributed by atoms with Crippen molar-refractivity contribution in [3.8, 4) is 17.1 Å². The summed E-state index contributed by atoms with van der Waals surface area (Å²) in [5, 5.41) is 0. The number of aromatic nitrogens is 5. The van der Waals surface area contributed by atoms with Gasteiger partial charge in [-0.2, -0.15) is 0 Å². The molecule has 10 heteroatoms. The van der Waals surface area contributed by atoms with Gasteiger partial charge >= 0.3 is 6.09 Å². The third-order valence-corrected chi connectivity index (χ3v) is 7.35. The van der Waals surface area contributed by atoms with Crippen LogP contribution in [0.5, 0.6) is 0 Å². The Morgan fingerprint density at radius 3 is 2.59 bits per heavy atom. The summed E-state index contributed by atoms with van der Waals surface area (Å²) in [7, 11) is 1.66. The van der Waals surface area contributed by atoms with Crippen LogP contribution in [0, 0.1) is 0 Å². The molecule has 1 aliphatic heterocycles. The summed E-state index contributed by atoms with van der Waals surface area (Å²) in [6.45, 7) is 6.47. The third kappa shape index (κ3) is 4.69. The van der Waals surface area contributed by atoms with Gasteiger partial charge in [-0.05, 0) is 70.0 Å². The Morgan fingerprint density at radius 1 is 1.10 bits per heavy atom. The van der Waals surface area contributed by atoms with Gasteiger partial charge in [-0.15, -0.1) is 0 Å². The zero-order chi connectivity index (χ0) is 27.4. The van der Waals surface area contributed by atoms with Gasteiger partial charge in [0.1, 0.15) is 22.5 Å². The Hall–Kier alpha value is -4.05. The number of imidazole rings is 1. The number of nitrogen functional groups attached to an aromatic ring is 1. The highest BCUT2D eigenvalue weighted by molar-refractivity contribution is 5.82. The topological polar surface area (TPSA) is 121 Å². The van der Waals surface area contributed by atoms with Crippen molar-refractivity contribution in [2.24, 2.45) is 0 Å². The number of ether oxygens (including phenoxy) is 2. The SMILES string of the molecule is CO[C@@]1(c2ccc(-n3c(-c4cccnc4N)nc4ccc(C5CC5)nc43)cn2)CCN(C(=O)OC(C)(C)C)C1. The maximum atomic E-state index is 12.7. The Balaban J connectivity index is 1.38. The lowest BCUT2D eigenvalue weighted by Gasteiger charge is -2.28. The molecule has 0 radical (unpaired) electrons. The maximum absolute atomic E-state index is 12.7. The van der Waals surface area contributed by atoms with Crippen LogP contribution in [0.15, 0.2) is 48.8 Å². The number of fused-ring (bicyclic) bond motifs is 1. The molecule has 0 spiro atoms. The monoisotopic (exact) mass is 527 g/mol. The van der Waals surface area contributed by atoms with Crippen LogP contribution in [0.25, 0.3) is 28.2 Å². The zero-order valence-electron chi connectivity index (χ0n) is 22.7. The van der Waals surface area contributed by atoms with Crippen LogP contribution in [0.2, 0.25) is 0 Å². The molecule has 1 saturated carbocycles. The van der Waals surface area contributed by atoms with E-state index >= 15 is 0 Å². The fourth-order valence-corrected chi connectivity index (χ4v) is 5.14. The number of hydrogen-bond acceptors (Lipinski definition) is 8. The first kappa shape index (κ1) is 25.2. The number of carbonyl (C=O) groups excluding carboxylic acids is 1. The van der Waals surface area contributed by atoms with Crippen molar-refractivity contribution in [2.45, 2.75) is 57.2 Å². The predicted molar refractivity (Wildman–Crippen MR) is 147 cm³/mol. The number of carbonyl (C=O) groups is 1. The molecule has 2 aliphatic rings. The lowest BCUT2D eigenvalue weighted by atomic mass is 9.97. The minimum absolute atomic E-state index is 0.348. The fraction of sp³-hybridized carbons (Fsp3) is 0.414. The zero-order valence-corrected chi connectivity index (χ0v) is 22.7. The van der Waals surface area contributed by atoms with Crippen LogP contribution in [-0.2, 0) is 15.1 Å². The molecule has 1 amide bonds. The van der Waals surface area contributed by atoms with E-state index in [-0.39, 0.29) is 6.09 Å². The van der Waals surface area contributed by atoms with Crippen molar-refractivity contribution in [3.05, 3.63) is 60.2 Å². The second-order valence-electron chi connectivity index (χ2n) is 11.3. The van der Waals surface area contributed by atoms with Gasteiger partial charge in [0, 0.05) is 37.9 Å². The predicted octanol–water partition coefficient (Wildman–Crippen LogP) is 4.82. The first-order valence-corrected chi connectivity index (χ1v) is 13.3. The molecule has 0 bridgehead atoms. The lowest BCUT2D eigenvalue weighted by molar-refractivity contribution is -0.0158. The first-order valence-electron chi connectivity index (χ1n) is 13.3. The number of methoxy groups -OCH3 is 1. The molecule has 5 heterocycles. The van der Waals surface area contributed by atoms with Crippen molar-refractivity contribution in [1.82, 2.24) is 29.4 Å². The van der Waals surface area contributed by atoms with Crippen LogP contribution in [0.4, 0.5) is 10.6 Å². The van der Waals surface area contributed by atoms with Gasteiger partial charge in [0.15, 0.2) is 11.5 Å². The summed E-state index contributed by atoms with van der Waals surface area (Å²) in [4.78, 5) is 33.4. The summed E-state index contributed by atoms with van der Waals surface area (Å²) in [6, 6.07) is 11.8. The normalized spacial score (nSPS) is 19.5. The molecule has 39 heavy (non-hydrogen) atoms. The number of nitrogens with two attached hydrogens (primary N) is 1. The summed E-state index contributed by atoms with van der Waals surface area (Å²) >= 11 is 0. The number of rotatable bonds is 5. The van der Waals surface area contributed by atoms with E-state index in [1.54, 1.807) is 24.4 Å². The molecule has 6 rings (SSSR count). The molecule has 2 N–H and O–H groups in total. The van der Waals surface area contributed by atoms with Crippen molar-refractivity contribution in [2.75, 3.05) is 25.9 Å². The molecule has 10 nitrogen and oxygen atoms in total. The van der Waals surface area contributed by atoms with E-state index in [1.165, 1.54) is 0 Å². The first-order chi connectivity index (χ1) is 18.7. The number of amides is 1. The molecule has 1 atom stereocenters. The molecule has 1 aliphatic carbocycles. The number of anilines is 1. The molecule has 0 unspecified atom stereocenters. The summed E-state index contributed by atoms with van der Waals surface area (Å²) in [5.74, 6) is 1.55. The van der Waals surface area contributed by atoms with Crippen molar-refractivity contribution < 1.29 is 14.3 Å². The molecular formula is C29H33N7O3. The van der Waals surface area contributed by atoms with Crippen LogP contribution in [0.1, 0.15) is 57.3 Å². The Morgan fingerprint density at radius 2 is 1.92 bits per heavy atom. The summed E-state index contributed by atoms with van der Waals surface area (Å²) in [5.41, 5.74) is 9.86. The minimum Gasteiger partial charge on any atom is -0.444 e. The number of nitrogens with zero attached hydrogens (tertiary/aromatic N) is 6. The van der Waals surface area contributed by atoms with Crippen molar-refractivity contribution in [3.63, 3.8) is 0 Å². The Labute approximate surface area is 227 Å². The lowest BCUT2D eigenvalue weighted by Crippen LogP contribution is -2.39. The molecule has 4 aromatic rings. The van der Waals surface area contributed by atoms with Gasteiger partial charge in [0.2, 0.25) is 0 Å². The van der Waals surface area contributed by atoms with Gasteiger partial charge < -0.3 is 20.1 Å². The van der Waals surface area contributed by atoms with E-state index in [4.69, 9.17) is 30.2 Å². The quantitative estimate of drug-likeness (QED) is 0.392. The fourth-order valence-electron chi connectivity index (χ4n) is 5.14. The third-order valence-electron chi connectivity index (χ3n) is 7.35. The molecule has 202 valence electrons. The highest BCUT2D eigenvalue weighted by Crippen LogP contribution is 2.40.